The van der Waals surface area contributed by atoms with Crippen LogP contribution >= 0.6 is 11.6 Å². The fourth-order valence-electron chi connectivity index (χ4n) is 2.41. The molecule has 0 aliphatic heterocycles. The van der Waals surface area contributed by atoms with E-state index in [0.29, 0.717) is 6.04 Å². The third-order valence-electron chi connectivity index (χ3n) is 3.61. The monoisotopic (exact) mass is 302 g/mol. The molecule has 1 heterocycles. The van der Waals surface area contributed by atoms with Gasteiger partial charge in [0.25, 0.3) is 0 Å². The van der Waals surface area contributed by atoms with Gasteiger partial charge in [0.1, 0.15) is 0 Å². The van der Waals surface area contributed by atoms with Crippen LogP contribution in [0.2, 0.25) is 5.02 Å². The van der Waals surface area contributed by atoms with Crippen molar-refractivity contribution in [3.63, 3.8) is 0 Å². The molecule has 0 saturated heterocycles. The number of nitrogens with zero attached hydrogens (tertiary/aromatic N) is 1. The summed E-state index contributed by atoms with van der Waals surface area (Å²) >= 11 is 6.24. The van der Waals surface area contributed by atoms with Crippen molar-refractivity contribution in [2.45, 2.75) is 39.2 Å². The minimum atomic E-state index is 0.396. The SMILES string of the molecule is CCCNC(Cc1ccc(C)cc1)Cc1ccncc1Cl. The lowest BCUT2D eigenvalue weighted by molar-refractivity contribution is 0.504. The molecule has 21 heavy (non-hydrogen) atoms. The quantitative estimate of drug-likeness (QED) is 0.829. The first-order chi connectivity index (χ1) is 10.2. The molecule has 3 heteroatoms. The average Bonchev–Trinajstić information content (AvgIpc) is 2.49. The van der Waals surface area contributed by atoms with Crippen molar-refractivity contribution in [3.05, 3.63) is 64.4 Å². The number of halogens is 1. The highest BCUT2D eigenvalue weighted by Gasteiger charge is 2.12. The second-order valence-electron chi connectivity index (χ2n) is 5.51. The molecular weight excluding hydrogens is 280 g/mol. The summed E-state index contributed by atoms with van der Waals surface area (Å²) in [5.74, 6) is 0. The summed E-state index contributed by atoms with van der Waals surface area (Å²) in [5.41, 5.74) is 3.82. The molecule has 2 nitrogen and oxygen atoms in total. The van der Waals surface area contributed by atoms with E-state index in [-0.39, 0.29) is 0 Å². The van der Waals surface area contributed by atoms with Gasteiger partial charge in [-0.15, -0.1) is 0 Å². The zero-order valence-corrected chi connectivity index (χ0v) is 13.5. The van der Waals surface area contributed by atoms with Crippen molar-refractivity contribution in [1.29, 1.82) is 0 Å². The topological polar surface area (TPSA) is 24.9 Å². The van der Waals surface area contributed by atoms with Crippen LogP contribution in [0.15, 0.2) is 42.7 Å². The van der Waals surface area contributed by atoms with E-state index in [4.69, 9.17) is 11.6 Å². The van der Waals surface area contributed by atoms with Crippen LogP contribution in [0.5, 0.6) is 0 Å². The molecule has 0 spiro atoms. The number of rotatable bonds is 7. The van der Waals surface area contributed by atoms with Gasteiger partial charge < -0.3 is 5.32 Å². The van der Waals surface area contributed by atoms with Crippen LogP contribution in [0.4, 0.5) is 0 Å². The first-order valence-electron chi connectivity index (χ1n) is 7.56. The average molecular weight is 303 g/mol. The van der Waals surface area contributed by atoms with Gasteiger partial charge in [0.2, 0.25) is 0 Å². The number of hydrogen-bond donors (Lipinski definition) is 1. The van der Waals surface area contributed by atoms with Crippen LogP contribution in [0.1, 0.15) is 30.0 Å². The zero-order valence-electron chi connectivity index (χ0n) is 12.8. The Labute approximate surface area is 132 Å². The highest BCUT2D eigenvalue weighted by atomic mass is 35.5. The van der Waals surface area contributed by atoms with E-state index in [9.17, 15) is 0 Å². The molecular formula is C18H23ClN2. The number of pyridine rings is 1. The summed E-state index contributed by atoms with van der Waals surface area (Å²) in [6.07, 6.45) is 6.60. The highest BCUT2D eigenvalue weighted by Crippen LogP contribution is 2.17. The number of benzene rings is 1. The predicted octanol–water partition coefficient (Wildman–Crippen LogP) is 4.20. The van der Waals surface area contributed by atoms with E-state index >= 15 is 0 Å². The Morgan fingerprint density at radius 2 is 1.90 bits per heavy atom. The maximum Gasteiger partial charge on any atom is 0.0621 e. The summed E-state index contributed by atoms with van der Waals surface area (Å²) in [4.78, 5) is 4.06. The Kier molecular flexibility index (Phi) is 6.21. The fourth-order valence-corrected chi connectivity index (χ4v) is 2.61. The first kappa shape index (κ1) is 16.0. The van der Waals surface area contributed by atoms with Gasteiger partial charge >= 0.3 is 0 Å². The molecule has 2 aromatic rings. The van der Waals surface area contributed by atoms with Crippen LogP contribution in [0.3, 0.4) is 0 Å². The van der Waals surface area contributed by atoms with E-state index in [2.05, 4.69) is 48.4 Å². The maximum absolute atomic E-state index is 6.24. The third kappa shape index (κ3) is 5.14. The number of hydrogen-bond acceptors (Lipinski definition) is 2. The Morgan fingerprint density at radius 1 is 1.14 bits per heavy atom. The Bertz CT molecular complexity index is 551. The Morgan fingerprint density at radius 3 is 2.57 bits per heavy atom. The normalized spacial score (nSPS) is 12.3. The molecule has 0 aliphatic rings. The van der Waals surface area contributed by atoms with Crippen molar-refractivity contribution in [2.24, 2.45) is 0 Å². The van der Waals surface area contributed by atoms with Gasteiger partial charge in [0.05, 0.1) is 5.02 Å². The highest BCUT2D eigenvalue weighted by molar-refractivity contribution is 6.31. The molecule has 0 fully saturated rings. The lowest BCUT2D eigenvalue weighted by Crippen LogP contribution is -2.33. The zero-order chi connectivity index (χ0) is 15.1. The van der Waals surface area contributed by atoms with E-state index in [1.807, 2.05) is 12.3 Å². The molecule has 0 amide bonds. The van der Waals surface area contributed by atoms with E-state index in [0.717, 1.165) is 36.4 Å². The van der Waals surface area contributed by atoms with Crippen molar-refractivity contribution in [3.8, 4) is 0 Å². The molecule has 1 aromatic carbocycles. The van der Waals surface area contributed by atoms with E-state index < -0.39 is 0 Å². The van der Waals surface area contributed by atoms with Gasteiger partial charge in [-0.3, -0.25) is 4.98 Å². The van der Waals surface area contributed by atoms with Crippen LogP contribution < -0.4 is 5.32 Å². The second-order valence-corrected chi connectivity index (χ2v) is 5.92. The number of aryl methyl sites for hydroxylation is 1. The lowest BCUT2D eigenvalue weighted by atomic mass is 9.98. The van der Waals surface area contributed by atoms with Gasteiger partial charge in [-0.1, -0.05) is 48.4 Å². The first-order valence-corrected chi connectivity index (χ1v) is 7.94. The maximum atomic E-state index is 6.24. The molecule has 2 rings (SSSR count). The van der Waals surface area contributed by atoms with Crippen LogP contribution in [0, 0.1) is 6.92 Å². The minimum Gasteiger partial charge on any atom is -0.313 e. The molecule has 0 bridgehead atoms. The summed E-state index contributed by atoms with van der Waals surface area (Å²) in [6.45, 7) is 5.34. The van der Waals surface area contributed by atoms with Crippen molar-refractivity contribution < 1.29 is 0 Å². The molecule has 0 radical (unpaired) electrons. The van der Waals surface area contributed by atoms with Gasteiger partial charge in [-0.25, -0.2) is 0 Å². The number of nitrogens with one attached hydrogen (secondary N) is 1. The van der Waals surface area contributed by atoms with Crippen molar-refractivity contribution in [1.82, 2.24) is 10.3 Å². The molecule has 1 atom stereocenters. The van der Waals surface area contributed by atoms with Crippen molar-refractivity contribution in [2.75, 3.05) is 6.54 Å². The summed E-state index contributed by atoms with van der Waals surface area (Å²) in [6, 6.07) is 11.2. The van der Waals surface area contributed by atoms with Gasteiger partial charge in [-0.05, 0) is 49.9 Å². The minimum absolute atomic E-state index is 0.396. The second kappa shape index (κ2) is 8.16. The molecule has 0 aliphatic carbocycles. The largest absolute Gasteiger partial charge is 0.313 e. The van der Waals surface area contributed by atoms with Crippen LogP contribution in [-0.2, 0) is 12.8 Å². The van der Waals surface area contributed by atoms with Crippen molar-refractivity contribution >= 4 is 11.6 Å². The summed E-state index contributed by atoms with van der Waals surface area (Å²) < 4.78 is 0. The third-order valence-corrected chi connectivity index (χ3v) is 3.95. The standard InChI is InChI=1S/C18H23ClN2/c1-3-9-21-17(11-15-6-4-14(2)5-7-15)12-16-8-10-20-13-18(16)19/h4-8,10,13,17,21H,3,9,11-12H2,1-2H3. The molecule has 0 saturated carbocycles. The molecule has 112 valence electrons. The predicted molar refractivity (Wildman–Crippen MR) is 89.9 cm³/mol. The van der Waals surface area contributed by atoms with E-state index in [1.54, 1.807) is 6.20 Å². The van der Waals surface area contributed by atoms with Gasteiger partial charge in [0, 0.05) is 18.4 Å². The van der Waals surface area contributed by atoms with Crippen LogP contribution in [-0.4, -0.2) is 17.6 Å². The molecule has 1 N–H and O–H groups in total. The fraction of sp³-hybridized carbons (Fsp3) is 0.389. The smallest absolute Gasteiger partial charge is 0.0621 e. The summed E-state index contributed by atoms with van der Waals surface area (Å²) in [7, 11) is 0. The lowest BCUT2D eigenvalue weighted by Gasteiger charge is -2.19. The Hall–Kier alpha value is -1.38. The molecule has 1 aromatic heterocycles. The van der Waals surface area contributed by atoms with Gasteiger partial charge in [0.15, 0.2) is 0 Å². The number of aromatic nitrogens is 1. The Balaban J connectivity index is 2.07. The van der Waals surface area contributed by atoms with E-state index in [1.165, 1.54) is 11.1 Å². The molecule has 1 unspecified atom stereocenters. The van der Waals surface area contributed by atoms with Gasteiger partial charge in [-0.2, -0.15) is 0 Å². The van der Waals surface area contributed by atoms with Crippen LogP contribution in [0.25, 0.3) is 0 Å². The summed E-state index contributed by atoms with van der Waals surface area (Å²) in [5, 5.41) is 4.38.